The van der Waals surface area contributed by atoms with Gasteiger partial charge < -0.3 is 15.2 Å². The molecule has 0 radical (unpaired) electrons. The van der Waals surface area contributed by atoms with Crippen LogP contribution in [0.1, 0.15) is 0 Å². The lowest BCUT2D eigenvalue weighted by molar-refractivity contribution is 0.121. The summed E-state index contributed by atoms with van der Waals surface area (Å²) in [4.78, 5) is 10.6. The quantitative estimate of drug-likeness (QED) is 0.409. The molecule has 0 saturated carbocycles. The van der Waals surface area contributed by atoms with E-state index in [4.69, 9.17) is 5.73 Å². The number of nitrogen functional groups attached to an aromatic ring is 1. The second-order valence-corrected chi connectivity index (χ2v) is 2.24. The molecular weight excluding hydrogens is 177 g/mol. The smallest absolute Gasteiger partial charge is 0.437 e. The maximum atomic E-state index is 12.8. The Hall–Kier alpha value is -1.78. The number of rotatable bonds is 1. The Morgan fingerprint density at radius 3 is 2.77 bits per heavy atom. The SMILES string of the molecule is COC(=O)Oc1ccc(N)c(F)c1. The molecule has 0 aliphatic carbocycles. The van der Waals surface area contributed by atoms with Crippen molar-refractivity contribution in [3.05, 3.63) is 24.0 Å². The van der Waals surface area contributed by atoms with Gasteiger partial charge in [-0.2, -0.15) is 0 Å². The lowest BCUT2D eigenvalue weighted by atomic mass is 10.3. The molecule has 2 N–H and O–H groups in total. The molecule has 0 aliphatic rings. The molecule has 0 unspecified atom stereocenters. The zero-order valence-electron chi connectivity index (χ0n) is 6.91. The number of ether oxygens (including phenoxy) is 2. The minimum atomic E-state index is -0.899. The number of carbonyl (C=O) groups excluding carboxylic acids is 1. The monoisotopic (exact) mass is 185 g/mol. The van der Waals surface area contributed by atoms with Gasteiger partial charge in [-0.3, -0.25) is 0 Å². The van der Waals surface area contributed by atoms with Gasteiger partial charge in [-0.05, 0) is 12.1 Å². The summed E-state index contributed by atoms with van der Waals surface area (Å²) in [7, 11) is 1.16. The van der Waals surface area contributed by atoms with E-state index in [1.165, 1.54) is 12.1 Å². The third-order valence-corrected chi connectivity index (χ3v) is 1.34. The highest BCUT2D eigenvalue weighted by atomic mass is 19.1. The predicted molar refractivity (Wildman–Crippen MR) is 43.8 cm³/mol. The molecule has 0 aliphatic heterocycles. The highest BCUT2D eigenvalue weighted by Gasteiger charge is 2.05. The molecule has 0 heterocycles. The van der Waals surface area contributed by atoms with Crippen LogP contribution in [0.2, 0.25) is 0 Å². The standard InChI is InChI=1S/C8H8FNO3/c1-12-8(11)13-5-2-3-7(10)6(9)4-5/h2-4H,10H2,1H3. The highest BCUT2D eigenvalue weighted by molar-refractivity contribution is 5.63. The van der Waals surface area contributed by atoms with Crippen LogP contribution >= 0.6 is 0 Å². The van der Waals surface area contributed by atoms with Crippen molar-refractivity contribution in [3.8, 4) is 5.75 Å². The fourth-order valence-electron chi connectivity index (χ4n) is 0.709. The maximum absolute atomic E-state index is 12.8. The summed E-state index contributed by atoms with van der Waals surface area (Å²) in [5.41, 5.74) is 5.20. The van der Waals surface area contributed by atoms with E-state index in [0.29, 0.717) is 0 Å². The van der Waals surface area contributed by atoms with E-state index in [9.17, 15) is 9.18 Å². The molecule has 0 saturated heterocycles. The van der Waals surface area contributed by atoms with E-state index >= 15 is 0 Å². The third kappa shape index (κ3) is 2.33. The Morgan fingerprint density at radius 1 is 1.54 bits per heavy atom. The molecule has 0 aromatic heterocycles. The molecule has 1 rings (SSSR count). The average Bonchev–Trinajstić information content (AvgIpc) is 2.11. The Balaban J connectivity index is 2.79. The molecule has 0 fully saturated rings. The summed E-state index contributed by atoms with van der Waals surface area (Å²) in [6.07, 6.45) is -0.899. The second kappa shape index (κ2) is 3.75. The van der Waals surface area contributed by atoms with E-state index in [2.05, 4.69) is 9.47 Å². The molecule has 0 bridgehead atoms. The molecule has 1 aromatic rings. The number of halogens is 1. The summed E-state index contributed by atoms with van der Waals surface area (Å²) in [5.74, 6) is -0.583. The molecule has 0 amide bonds. The normalized spacial score (nSPS) is 9.38. The van der Waals surface area contributed by atoms with Gasteiger partial charge in [0.15, 0.2) is 0 Å². The largest absolute Gasteiger partial charge is 0.513 e. The average molecular weight is 185 g/mol. The van der Waals surface area contributed by atoms with Crippen LogP contribution in [0, 0.1) is 5.82 Å². The van der Waals surface area contributed by atoms with Crippen LogP contribution < -0.4 is 10.5 Å². The van der Waals surface area contributed by atoms with E-state index in [1.807, 2.05) is 0 Å². The van der Waals surface area contributed by atoms with E-state index < -0.39 is 12.0 Å². The molecule has 4 nitrogen and oxygen atoms in total. The van der Waals surface area contributed by atoms with Crippen LogP contribution in [0.4, 0.5) is 14.9 Å². The van der Waals surface area contributed by atoms with Gasteiger partial charge in [-0.25, -0.2) is 9.18 Å². The maximum Gasteiger partial charge on any atom is 0.513 e. The van der Waals surface area contributed by atoms with E-state index in [-0.39, 0.29) is 11.4 Å². The van der Waals surface area contributed by atoms with Crippen molar-refractivity contribution in [1.82, 2.24) is 0 Å². The fraction of sp³-hybridized carbons (Fsp3) is 0.125. The van der Waals surface area contributed by atoms with Crippen molar-refractivity contribution in [2.75, 3.05) is 12.8 Å². The minimum Gasteiger partial charge on any atom is -0.437 e. The first kappa shape index (κ1) is 9.31. The summed E-state index contributed by atoms with van der Waals surface area (Å²) in [6, 6.07) is 3.68. The van der Waals surface area contributed by atoms with Gasteiger partial charge in [0.25, 0.3) is 0 Å². The topological polar surface area (TPSA) is 61.5 Å². The Morgan fingerprint density at radius 2 is 2.23 bits per heavy atom. The Kier molecular flexibility index (Phi) is 2.69. The van der Waals surface area contributed by atoms with Crippen molar-refractivity contribution >= 4 is 11.8 Å². The zero-order valence-corrected chi connectivity index (χ0v) is 6.91. The van der Waals surface area contributed by atoms with E-state index in [1.54, 1.807) is 0 Å². The van der Waals surface area contributed by atoms with Gasteiger partial charge >= 0.3 is 6.16 Å². The van der Waals surface area contributed by atoms with Crippen LogP contribution in [0.25, 0.3) is 0 Å². The van der Waals surface area contributed by atoms with Gasteiger partial charge in [-0.1, -0.05) is 0 Å². The van der Waals surface area contributed by atoms with Gasteiger partial charge in [-0.15, -0.1) is 0 Å². The zero-order chi connectivity index (χ0) is 9.84. The molecule has 13 heavy (non-hydrogen) atoms. The number of nitrogens with two attached hydrogens (primary N) is 1. The summed E-state index contributed by atoms with van der Waals surface area (Å²) in [6.45, 7) is 0. The second-order valence-electron chi connectivity index (χ2n) is 2.24. The summed E-state index contributed by atoms with van der Waals surface area (Å²) < 4.78 is 21.5. The summed E-state index contributed by atoms with van der Waals surface area (Å²) >= 11 is 0. The fourth-order valence-corrected chi connectivity index (χ4v) is 0.709. The lowest BCUT2D eigenvalue weighted by Gasteiger charge is -2.02. The van der Waals surface area contributed by atoms with Crippen LogP contribution in [0.15, 0.2) is 18.2 Å². The van der Waals surface area contributed by atoms with Crippen LogP contribution in [0.3, 0.4) is 0 Å². The number of methoxy groups -OCH3 is 1. The van der Waals surface area contributed by atoms with Crippen molar-refractivity contribution in [1.29, 1.82) is 0 Å². The third-order valence-electron chi connectivity index (χ3n) is 1.34. The Bertz CT molecular complexity index is 327. The number of benzene rings is 1. The van der Waals surface area contributed by atoms with Crippen molar-refractivity contribution in [2.24, 2.45) is 0 Å². The summed E-state index contributed by atoms with van der Waals surface area (Å²) in [5, 5.41) is 0. The Labute approximate surface area is 74.1 Å². The van der Waals surface area contributed by atoms with Gasteiger partial charge in [0.2, 0.25) is 0 Å². The first-order chi connectivity index (χ1) is 6.13. The number of hydrogen-bond donors (Lipinski definition) is 1. The van der Waals surface area contributed by atoms with Crippen LogP contribution in [-0.2, 0) is 4.74 Å². The van der Waals surface area contributed by atoms with Crippen LogP contribution in [0.5, 0.6) is 5.75 Å². The first-order valence-corrected chi connectivity index (χ1v) is 3.44. The van der Waals surface area contributed by atoms with Gasteiger partial charge in [0.1, 0.15) is 11.6 Å². The first-order valence-electron chi connectivity index (χ1n) is 3.44. The number of anilines is 1. The molecule has 1 aromatic carbocycles. The minimum absolute atomic E-state index is 0.00258. The molecule has 70 valence electrons. The molecular formula is C8H8FNO3. The van der Waals surface area contributed by atoms with Gasteiger partial charge in [0, 0.05) is 6.07 Å². The number of hydrogen-bond acceptors (Lipinski definition) is 4. The van der Waals surface area contributed by atoms with Crippen LogP contribution in [-0.4, -0.2) is 13.3 Å². The predicted octanol–water partition coefficient (Wildman–Crippen LogP) is 1.55. The molecule has 5 heteroatoms. The lowest BCUT2D eigenvalue weighted by Crippen LogP contribution is -2.07. The number of carbonyl (C=O) groups is 1. The molecule has 0 spiro atoms. The van der Waals surface area contributed by atoms with Crippen molar-refractivity contribution < 1.29 is 18.7 Å². The van der Waals surface area contributed by atoms with E-state index in [0.717, 1.165) is 13.2 Å². The van der Waals surface area contributed by atoms with Crippen molar-refractivity contribution in [3.63, 3.8) is 0 Å². The van der Waals surface area contributed by atoms with Gasteiger partial charge in [0.05, 0.1) is 12.8 Å². The van der Waals surface area contributed by atoms with Crippen molar-refractivity contribution in [2.45, 2.75) is 0 Å². The molecule has 0 atom stereocenters. The highest BCUT2D eigenvalue weighted by Crippen LogP contribution is 2.18.